The van der Waals surface area contributed by atoms with Gasteiger partial charge in [-0.05, 0) is 42.8 Å². The Labute approximate surface area is 193 Å². The maximum absolute atomic E-state index is 6.16. The van der Waals surface area contributed by atoms with Gasteiger partial charge in [0.2, 0.25) is 11.8 Å². The van der Waals surface area contributed by atoms with Crippen LogP contribution < -0.4 is 9.64 Å². The van der Waals surface area contributed by atoms with Crippen molar-refractivity contribution in [3.63, 3.8) is 0 Å². The summed E-state index contributed by atoms with van der Waals surface area (Å²) in [5, 5.41) is 22.8. The molecule has 32 heavy (non-hydrogen) atoms. The third-order valence-electron chi connectivity index (χ3n) is 5.32. The topological polar surface area (TPSA) is 99.7 Å². The molecule has 1 unspecified atom stereocenters. The lowest BCUT2D eigenvalue weighted by Crippen LogP contribution is -2.35. The normalized spacial score (nSPS) is 14.3. The first-order valence-electron chi connectivity index (χ1n) is 10.0. The average Bonchev–Trinajstić information content (AvgIpc) is 3.46. The Bertz CT molecular complexity index is 1270. The number of benzene rings is 1. The maximum Gasteiger partial charge on any atom is 0.228 e. The molecular weight excluding hydrogens is 453 g/mol. The van der Waals surface area contributed by atoms with Crippen LogP contribution in [0.1, 0.15) is 25.2 Å². The summed E-state index contributed by atoms with van der Waals surface area (Å²) < 4.78 is 7.31. The summed E-state index contributed by atoms with van der Waals surface area (Å²) in [7, 11) is 1.55. The highest BCUT2D eigenvalue weighted by Crippen LogP contribution is 2.33. The molecule has 0 bridgehead atoms. The minimum atomic E-state index is -0.158. The minimum absolute atomic E-state index is 0.158. The summed E-state index contributed by atoms with van der Waals surface area (Å²) >= 11 is 12.2. The summed E-state index contributed by atoms with van der Waals surface area (Å²) in [5.41, 5.74) is 1.54. The van der Waals surface area contributed by atoms with Gasteiger partial charge in [0.05, 0.1) is 18.8 Å². The van der Waals surface area contributed by atoms with Crippen molar-refractivity contribution in [2.45, 2.75) is 25.9 Å². The summed E-state index contributed by atoms with van der Waals surface area (Å²) in [6.45, 7) is 3.60. The lowest BCUT2D eigenvalue weighted by atomic mass is 10.2. The van der Waals surface area contributed by atoms with E-state index in [4.69, 9.17) is 27.9 Å². The molecule has 12 heteroatoms. The van der Waals surface area contributed by atoms with E-state index in [0.717, 1.165) is 36.7 Å². The van der Waals surface area contributed by atoms with Gasteiger partial charge in [0.25, 0.3) is 0 Å². The zero-order chi connectivity index (χ0) is 22.2. The van der Waals surface area contributed by atoms with Crippen molar-refractivity contribution in [3.05, 3.63) is 52.4 Å². The largest absolute Gasteiger partial charge is 0.481 e. The van der Waals surface area contributed by atoms with E-state index >= 15 is 0 Å². The van der Waals surface area contributed by atoms with Gasteiger partial charge < -0.3 is 9.64 Å². The lowest BCUT2D eigenvalue weighted by molar-refractivity contribution is 0.398. The molecule has 1 aliphatic rings. The Morgan fingerprint density at radius 3 is 2.75 bits per heavy atom. The molecular formula is C20H19Cl2N9O. The SMILES string of the molecule is COc1cc(-c2nnc3n2CCCN3C(C)c2nnn(-c3cccc(Cl)c3)n2)cc(Cl)n1. The van der Waals surface area contributed by atoms with Crippen LogP contribution in [0.4, 0.5) is 5.95 Å². The van der Waals surface area contributed by atoms with Gasteiger partial charge in [0.15, 0.2) is 11.6 Å². The molecule has 0 amide bonds. The van der Waals surface area contributed by atoms with Gasteiger partial charge in [-0.2, -0.15) is 0 Å². The van der Waals surface area contributed by atoms with Crippen molar-refractivity contribution in [3.8, 4) is 23.0 Å². The number of rotatable bonds is 5. The molecule has 5 rings (SSSR count). The molecule has 0 fully saturated rings. The van der Waals surface area contributed by atoms with Crippen LogP contribution in [0, 0.1) is 0 Å². The van der Waals surface area contributed by atoms with Crippen LogP contribution in [0.15, 0.2) is 36.4 Å². The molecule has 3 aromatic heterocycles. The van der Waals surface area contributed by atoms with E-state index in [2.05, 4.69) is 40.1 Å². The molecule has 164 valence electrons. The minimum Gasteiger partial charge on any atom is -0.481 e. The van der Waals surface area contributed by atoms with E-state index < -0.39 is 0 Å². The number of ether oxygens (including phenoxy) is 1. The molecule has 0 N–H and O–H groups in total. The zero-order valence-corrected chi connectivity index (χ0v) is 18.9. The Kier molecular flexibility index (Phi) is 5.40. The number of methoxy groups -OCH3 is 1. The van der Waals surface area contributed by atoms with Gasteiger partial charge in [-0.25, -0.2) is 4.98 Å². The second kappa shape index (κ2) is 8.36. The Hall–Kier alpha value is -3.24. The van der Waals surface area contributed by atoms with Crippen molar-refractivity contribution in [1.29, 1.82) is 0 Å². The fraction of sp³-hybridized carbons (Fsp3) is 0.300. The quantitative estimate of drug-likeness (QED) is 0.407. The maximum atomic E-state index is 6.16. The first-order chi connectivity index (χ1) is 15.5. The van der Waals surface area contributed by atoms with Crippen molar-refractivity contribution in [2.75, 3.05) is 18.6 Å². The van der Waals surface area contributed by atoms with Gasteiger partial charge in [-0.1, -0.05) is 29.3 Å². The standard InChI is InChI=1S/C20H19Cl2N9O/c1-12(18-24-28-31(27-18)15-6-3-5-14(21)11-15)29-7-4-8-30-19(25-26-20(29)30)13-9-16(22)23-17(10-13)32-2/h3,5-6,9-12H,4,7-8H2,1-2H3. The van der Waals surface area contributed by atoms with Crippen LogP contribution >= 0.6 is 23.2 Å². The van der Waals surface area contributed by atoms with Crippen LogP contribution in [-0.4, -0.2) is 53.6 Å². The third kappa shape index (κ3) is 3.76. The second-order valence-electron chi connectivity index (χ2n) is 7.34. The van der Waals surface area contributed by atoms with E-state index in [1.165, 1.54) is 4.80 Å². The highest BCUT2D eigenvalue weighted by molar-refractivity contribution is 6.30. The number of nitrogens with zero attached hydrogens (tertiary/aromatic N) is 9. The molecule has 0 radical (unpaired) electrons. The van der Waals surface area contributed by atoms with Crippen molar-refractivity contribution >= 4 is 29.2 Å². The summed E-state index contributed by atoms with van der Waals surface area (Å²) in [4.78, 5) is 7.73. The summed E-state index contributed by atoms with van der Waals surface area (Å²) in [6.07, 6.45) is 0.917. The van der Waals surface area contributed by atoms with Gasteiger partial charge in [0, 0.05) is 29.7 Å². The molecule has 1 atom stereocenters. The van der Waals surface area contributed by atoms with Crippen LogP contribution in [0.2, 0.25) is 10.2 Å². The van der Waals surface area contributed by atoms with Crippen molar-refractivity contribution in [2.24, 2.45) is 0 Å². The fourth-order valence-electron chi connectivity index (χ4n) is 3.74. The number of halogens is 2. The number of anilines is 1. The van der Waals surface area contributed by atoms with E-state index in [9.17, 15) is 0 Å². The van der Waals surface area contributed by atoms with E-state index in [-0.39, 0.29) is 6.04 Å². The molecule has 1 aromatic carbocycles. The Morgan fingerprint density at radius 2 is 1.94 bits per heavy atom. The predicted octanol–water partition coefficient (Wildman–Crippen LogP) is 3.60. The Balaban J connectivity index is 1.46. The fourth-order valence-corrected chi connectivity index (χ4v) is 4.13. The smallest absolute Gasteiger partial charge is 0.228 e. The third-order valence-corrected chi connectivity index (χ3v) is 5.74. The van der Waals surface area contributed by atoms with Gasteiger partial charge in [-0.15, -0.1) is 25.2 Å². The van der Waals surface area contributed by atoms with Crippen LogP contribution in [0.3, 0.4) is 0 Å². The first kappa shape index (κ1) is 20.7. The van der Waals surface area contributed by atoms with Crippen LogP contribution in [0.25, 0.3) is 17.1 Å². The van der Waals surface area contributed by atoms with E-state index in [1.807, 2.05) is 19.1 Å². The molecule has 10 nitrogen and oxygen atoms in total. The second-order valence-corrected chi connectivity index (χ2v) is 8.16. The summed E-state index contributed by atoms with van der Waals surface area (Å²) in [5.74, 6) is 2.45. The predicted molar refractivity (Wildman–Crippen MR) is 119 cm³/mol. The molecule has 4 aromatic rings. The number of tetrazole rings is 1. The monoisotopic (exact) mass is 471 g/mol. The summed E-state index contributed by atoms with van der Waals surface area (Å²) in [6, 6.07) is 10.7. The number of aromatic nitrogens is 8. The zero-order valence-electron chi connectivity index (χ0n) is 17.4. The van der Waals surface area contributed by atoms with E-state index in [0.29, 0.717) is 27.7 Å². The highest BCUT2D eigenvalue weighted by atomic mass is 35.5. The van der Waals surface area contributed by atoms with Crippen molar-refractivity contribution in [1.82, 2.24) is 40.0 Å². The number of hydrogen-bond acceptors (Lipinski definition) is 8. The van der Waals surface area contributed by atoms with Crippen LogP contribution in [0.5, 0.6) is 5.88 Å². The number of fused-ring (bicyclic) bond motifs is 1. The lowest BCUT2D eigenvalue weighted by Gasteiger charge is -2.32. The molecule has 0 saturated carbocycles. The van der Waals surface area contributed by atoms with Crippen LogP contribution in [-0.2, 0) is 6.54 Å². The number of pyridine rings is 1. The average molecular weight is 472 g/mol. The molecule has 0 spiro atoms. The molecule has 4 heterocycles. The Morgan fingerprint density at radius 1 is 1.06 bits per heavy atom. The molecule has 1 aliphatic heterocycles. The van der Waals surface area contributed by atoms with E-state index in [1.54, 1.807) is 31.4 Å². The van der Waals surface area contributed by atoms with Gasteiger partial charge >= 0.3 is 0 Å². The molecule has 0 aliphatic carbocycles. The first-order valence-corrected chi connectivity index (χ1v) is 10.8. The highest BCUT2D eigenvalue weighted by Gasteiger charge is 2.30. The molecule has 0 saturated heterocycles. The number of hydrogen-bond donors (Lipinski definition) is 0. The van der Waals surface area contributed by atoms with Gasteiger partial charge in [0.1, 0.15) is 5.15 Å². The van der Waals surface area contributed by atoms with Gasteiger partial charge in [-0.3, -0.25) is 4.57 Å². The van der Waals surface area contributed by atoms with Crippen molar-refractivity contribution < 1.29 is 4.74 Å².